The molecule has 1 saturated carbocycles. The smallest absolute Gasteiger partial charge is 0.290 e. The van der Waals surface area contributed by atoms with E-state index in [1.807, 2.05) is 18.2 Å². The number of pyridine rings is 1. The van der Waals surface area contributed by atoms with E-state index in [1.165, 1.54) is 0 Å². The Kier molecular flexibility index (Phi) is 7.86. The highest BCUT2D eigenvalue weighted by Crippen LogP contribution is 2.26. The van der Waals surface area contributed by atoms with Gasteiger partial charge in [0, 0.05) is 36.2 Å². The van der Waals surface area contributed by atoms with Gasteiger partial charge in [-0.05, 0) is 91.9 Å². The molecule has 1 aliphatic heterocycles. The molecule has 1 aliphatic carbocycles. The van der Waals surface area contributed by atoms with E-state index in [4.69, 9.17) is 0 Å². The van der Waals surface area contributed by atoms with E-state index in [0.717, 1.165) is 67.1 Å². The predicted octanol–water partition coefficient (Wildman–Crippen LogP) is 4.56. The summed E-state index contributed by atoms with van der Waals surface area (Å²) < 4.78 is 14.2. The first-order valence-electron chi connectivity index (χ1n) is 12.3. The molecule has 2 amide bonds. The number of hydrogen-bond donors (Lipinski definition) is 3. The molecule has 190 valence electrons. The summed E-state index contributed by atoms with van der Waals surface area (Å²) in [6.45, 7) is 0.784. The first kappa shape index (κ1) is 25.0. The van der Waals surface area contributed by atoms with Crippen LogP contribution in [0.5, 0.6) is 0 Å². The monoisotopic (exact) mass is 518 g/mol. The Balaban J connectivity index is 1.09. The number of anilines is 1. The van der Waals surface area contributed by atoms with E-state index in [0.29, 0.717) is 22.6 Å². The minimum Gasteiger partial charge on any atom is -0.351 e. The molecule has 2 aromatic heterocycles. The van der Waals surface area contributed by atoms with Gasteiger partial charge in [0.2, 0.25) is 5.95 Å². The minimum atomic E-state index is -0.403. The highest BCUT2D eigenvalue weighted by atomic mass is 32.2. The van der Waals surface area contributed by atoms with Gasteiger partial charge in [0.05, 0.1) is 10.6 Å². The molecule has 3 N–H and O–H groups in total. The normalized spacial score (nSPS) is 20.7. The lowest BCUT2D eigenvalue weighted by atomic mass is 9.91. The van der Waals surface area contributed by atoms with Crippen molar-refractivity contribution in [1.82, 2.24) is 25.6 Å². The number of carbonyl (C=O) groups is 2. The zero-order valence-corrected chi connectivity index (χ0v) is 20.9. The van der Waals surface area contributed by atoms with Crippen molar-refractivity contribution in [2.45, 2.75) is 44.2 Å². The minimum absolute atomic E-state index is 0.232. The number of hydrogen-bond acceptors (Lipinski definition) is 8. The van der Waals surface area contributed by atoms with Crippen LogP contribution in [-0.4, -0.2) is 44.7 Å². The molecule has 3 heterocycles. The summed E-state index contributed by atoms with van der Waals surface area (Å²) in [6.07, 6.45) is 11.4. The lowest BCUT2D eigenvalue weighted by molar-refractivity contribution is -0.115. The van der Waals surface area contributed by atoms with Gasteiger partial charge in [0.25, 0.3) is 11.1 Å². The number of aromatic nitrogens is 3. The lowest BCUT2D eigenvalue weighted by Crippen LogP contribution is -2.38. The maximum Gasteiger partial charge on any atom is 0.290 e. The van der Waals surface area contributed by atoms with Crippen molar-refractivity contribution in [1.29, 1.82) is 0 Å². The predicted molar refractivity (Wildman–Crippen MR) is 142 cm³/mol. The van der Waals surface area contributed by atoms with Crippen molar-refractivity contribution in [2.24, 2.45) is 0 Å². The Morgan fingerprint density at radius 3 is 2.65 bits per heavy atom. The fraction of sp³-hybridized carbons (Fsp3) is 0.296. The molecule has 37 heavy (non-hydrogen) atoms. The molecule has 0 atom stereocenters. The van der Waals surface area contributed by atoms with Crippen molar-refractivity contribution in [2.75, 3.05) is 11.9 Å². The molecule has 0 radical (unpaired) electrons. The van der Waals surface area contributed by atoms with Gasteiger partial charge in [-0.25, -0.2) is 14.4 Å². The number of rotatable bonds is 8. The molecule has 0 unspecified atom stereocenters. The molecular formula is C27H27FN6O2S. The van der Waals surface area contributed by atoms with Crippen LogP contribution in [0.4, 0.5) is 15.1 Å². The van der Waals surface area contributed by atoms with Gasteiger partial charge in [-0.3, -0.25) is 19.9 Å². The van der Waals surface area contributed by atoms with E-state index in [2.05, 4.69) is 30.9 Å². The van der Waals surface area contributed by atoms with E-state index < -0.39 is 5.91 Å². The Hall–Kier alpha value is -3.63. The molecular weight excluding hydrogens is 491 g/mol. The van der Waals surface area contributed by atoms with E-state index in [-0.39, 0.29) is 17.1 Å². The number of halogens is 1. The molecule has 5 rings (SSSR count). The zero-order chi connectivity index (χ0) is 25.6. The Morgan fingerprint density at radius 2 is 1.89 bits per heavy atom. The fourth-order valence-electron chi connectivity index (χ4n) is 4.62. The molecule has 2 aliphatic rings. The van der Waals surface area contributed by atoms with Gasteiger partial charge in [-0.15, -0.1) is 0 Å². The first-order chi connectivity index (χ1) is 18.0. The molecule has 2 fully saturated rings. The number of nitrogens with zero attached hydrogens (tertiary/aromatic N) is 3. The number of carbonyl (C=O) groups excluding carboxylic acids is 2. The van der Waals surface area contributed by atoms with Crippen LogP contribution in [-0.2, 0) is 11.2 Å². The SMILES string of the molecule is O=C1NC(=O)/C(=C/c2ccnc(N[C@H]3CC[C@H](NCCc4cc(F)cc(-c5cccnc5)c4)CC3)n2)S1. The van der Waals surface area contributed by atoms with Crippen LogP contribution in [0.2, 0.25) is 0 Å². The molecule has 0 spiro atoms. The van der Waals surface area contributed by atoms with Crippen LogP contribution in [0.15, 0.2) is 59.9 Å². The second-order valence-electron chi connectivity index (χ2n) is 9.14. The highest BCUT2D eigenvalue weighted by molar-refractivity contribution is 8.18. The summed E-state index contributed by atoms with van der Waals surface area (Å²) >= 11 is 0.868. The summed E-state index contributed by atoms with van der Waals surface area (Å²) in [5.41, 5.74) is 3.29. The molecule has 1 aromatic carbocycles. The van der Waals surface area contributed by atoms with Gasteiger partial charge in [0.15, 0.2) is 0 Å². The van der Waals surface area contributed by atoms with E-state index in [1.54, 1.807) is 42.9 Å². The highest BCUT2D eigenvalue weighted by Gasteiger charge is 2.25. The van der Waals surface area contributed by atoms with Crippen LogP contribution < -0.4 is 16.0 Å². The van der Waals surface area contributed by atoms with Crippen LogP contribution in [0, 0.1) is 5.82 Å². The average molecular weight is 519 g/mol. The van der Waals surface area contributed by atoms with E-state index in [9.17, 15) is 14.0 Å². The van der Waals surface area contributed by atoms with Gasteiger partial charge >= 0.3 is 0 Å². The summed E-state index contributed by atoms with van der Waals surface area (Å²) in [5.74, 6) is -0.125. The topological polar surface area (TPSA) is 109 Å². The number of imide groups is 1. The second kappa shape index (κ2) is 11.6. The second-order valence-corrected chi connectivity index (χ2v) is 10.2. The van der Waals surface area contributed by atoms with Crippen molar-refractivity contribution >= 4 is 34.9 Å². The Morgan fingerprint density at radius 1 is 1.05 bits per heavy atom. The van der Waals surface area contributed by atoms with E-state index >= 15 is 0 Å². The number of amides is 2. The number of benzene rings is 1. The van der Waals surface area contributed by atoms with Crippen LogP contribution in [0.1, 0.15) is 36.9 Å². The van der Waals surface area contributed by atoms with Crippen molar-refractivity contribution in [3.63, 3.8) is 0 Å². The van der Waals surface area contributed by atoms with Crippen LogP contribution >= 0.6 is 11.8 Å². The Labute approximate surface area is 218 Å². The molecule has 0 bridgehead atoms. The maximum absolute atomic E-state index is 14.2. The average Bonchev–Trinajstić information content (AvgIpc) is 3.21. The molecule has 8 nitrogen and oxygen atoms in total. The fourth-order valence-corrected chi connectivity index (χ4v) is 5.28. The third-order valence-corrected chi connectivity index (χ3v) is 7.27. The zero-order valence-electron chi connectivity index (χ0n) is 20.1. The summed E-state index contributed by atoms with van der Waals surface area (Å²) in [4.78, 5) is 36.3. The standard InChI is InChI=1S/C27H27FN6O2S/c28-20-13-17(12-19(14-20)18-2-1-9-29-16-18)7-10-30-21-3-5-22(6-4-21)32-26-31-11-8-23(33-26)15-24-25(35)34-27(36)37-24/h1-2,8-9,11-16,21-22,30H,3-7,10H2,(H,31,32,33)(H,34,35,36)/b24-15-/t21-,22-. The van der Waals surface area contributed by atoms with Gasteiger partial charge in [-0.2, -0.15) is 0 Å². The summed E-state index contributed by atoms with van der Waals surface area (Å²) in [7, 11) is 0. The van der Waals surface area contributed by atoms with Gasteiger partial charge < -0.3 is 10.6 Å². The van der Waals surface area contributed by atoms with Gasteiger partial charge in [0.1, 0.15) is 5.82 Å². The third-order valence-electron chi connectivity index (χ3n) is 6.46. The maximum atomic E-state index is 14.2. The molecule has 1 saturated heterocycles. The van der Waals surface area contributed by atoms with Crippen LogP contribution in [0.25, 0.3) is 17.2 Å². The van der Waals surface area contributed by atoms with Crippen molar-refractivity contribution in [3.05, 3.63) is 77.0 Å². The summed E-state index contributed by atoms with van der Waals surface area (Å²) in [5, 5.41) is 8.88. The number of thioether (sulfide) groups is 1. The van der Waals surface area contributed by atoms with Crippen molar-refractivity contribution in [3.8, 4) is 11.1 Å². The van der Waals surface area contributed by atoms with Crippen molar-refractivity contribution < 1.29 is 14.0 Å². The first-order valence-corrected chi connectivity index (χ1v) is 13.1. The number of nitrogens with one attached hydrogen (secondary N) is 3. The third kappa shape index (κ3) is 6.78. The molecule has 10 heteroatoms. The Bertz CT molecular complexity index is 1310. The van der Waals surface area contributed by atoms with Gasteiger partial charge in [-0.1, -0.05) is 12.1 Å². The van der Waals surface area contributed by atoms with Crippen LogP contribution in [0.3, 0.4) is 0 Å². The largest absolute Gasteiger partial charge is 0.351 e. The lowest BCUT2D eigenvalue weighted by Gasteiger charge is -2.29. The summed E-state index contributed by atoms with van der Waals surface area (Å²) in [6, 6.07) is 11.3. The molecule has 3 aromatic rings. The quantitative estimate of drug-likeness (QED) is 0.373.